The van der Waals surface area contributed by atoms with Gasteiger partial charge in [0.05, 0.1) is 5.75 Å². The fourth-order valence-electron chi connectivity index (χ4n) is 2.09. The van der Waals surface area contributed by atoms with Crippen molar-refractivity contribution in [3.05, 3.63) is 41.4 Å². The van der Waals surface area contributed by atoms with E-state index in [1.807, 2.05) is 35.8 Å². The zero-order valence-electron chi connectivity index (χ0n) is 14.7. The second-order valence-electron chi connectivity index (χ2n) is 6.10. The molecule has 0 aliphatic heterocycles. The van der Waals surface area contributed by atoms with Crippen molar-refractivity contribution in [1.29, 1.82) is 0 Å². The van der Waals surface area contributed by atoms with Gasteiger partial charge < -0.3 is 5.32 Å². The topological polar surface area (TPSA) is 59.8 Å². The van der Waals surface area contributed by atoms with Crippen LogP contribution in [0.3, 0.4) is 0 Å². The van der Waals surface area contributed by atoms with E-state index in [9.17, 15) is 4.79 Å². The summed E-state index contributed by atoms with van der Waals surface area (Å²) in [5.41, 5.74) is 0.974. The molecule has 0 spiro atoms. The number of nitrogens with one attached hydrogen (secondary N) is 1. The van der Waals surface area contributed by atoms with Gasteiger partial charge in [0.25, 0.3) is 0 Å². The molecule has 0 bridgehead atoms. The van der Waals surface area contributed by atoms with E-state index in [1.165, 1.54) is 11.8 Å². The molecular formula is C18H23BrN4OS. The molecule has 0 saturated heterocycles. The highest BCUT2D eigenvalue weighted by atomic mass is 79.9. The number of amides is 1. The van der Waals surface area contributed by atoms with Gasteiger partial charge in [-0.3, -0.25) is 9.36 Å². The van der Waals surface area contributed by atoms with E-state index < -0.39 is 0 Å². The SMILES string of the molecule is C=CCn1c(SCC(=O)NC(C)C(C)C)nnc1-c1ccc(Br)cc1. The number of carbonyl (C=O) groups is 1. The van der Waals surface area contributed by atoms with E-state index >= 15 is 0 Å². The van der Waals surface area contributed by atoms with Crippen molar-refractivity contribution in [2.45, 2.75) is 38.5 Å². The van der Waals surface area contributed by atoms with Crippen LogP contribution in [0.2, 0.25) is 0 Å². The maximum Gasteiger partial charge on any atom is 0.230 e. The first kappa shape index (κ1) is 19.7. The molecular weight excluding hydrogens is 400 g/mol. The van der Waals surface area contributed by atoms with Gasteiger partial charge in [0, 0.05) is 22.6 Å². The smallest absolute Gasteiger partial charge is 0.230 e. The molecule has 1 amide bonds. The van der Waals surface area contributed by atoms with Crippen molar-refractivity contribution in [3.8, 4) is 11.4 Å². The van der Waals surface area contributed by atoms with Crippen LogP contribution in [0.5, 0.6) is 0 Å². The Morgan fingerprint density at radius 1 is 1.32 bits per heavy atom. The van der Waals surface area contributed by atoms with Crippen LogP contribution >= 0.6 is 27.7 Å². The van der Waals surface area contributed by atoms with Crippen molar-refractivity contribution in [2.24, 2.45) is 5.92 Å². The summed E-state index contributed by atoms with van der Waals surface area (Å²) in [6.07, 6.45) is 1.80. The highest BCUT2D eigenvalue weighted by Crippen LogP contribution is 2.25. The summed E-state index contributed by atoms with van der Waals surface area (Å²) in [6.45, 7) is 10.6. The second kappa shape index (κ2) is 9.20. The third-order valence-corrected chi connectivity index (χ3v) is 5.35. The number of aromatic nitrogens is 3. The average Bonchev–Trinajstić information content (AvgIpc) is 2.97. The molecule has 0 aliphatic carbocycles. The first-order valence-corrected chi connectivity index (χ1v) is 9.92. The monoisotopic (exact) mass is 422 g/mol. The average molecular weight is 423 g/mol. The fraction of sp³-hybridized carbons (Fsp3) is 0.389. The Bertz CT molecular complexity index is 727. The Balaban J connectivity index is 2.12. The van der Waals surface area contributed by atoms with Crippen LogP contribution in [0.4, 0.5) is 0 Å². The molecule has 1 heterocycles. The van der Waals surface area contributed by atoms with Gasteiger partial charge >= 0.3 is 0 Å². The lowest BCUT2D eigenvalue weighted by Crippen LogP contribution is -2.37. The van der Waals surface area contributed by atoms with E-state index in [-0.39, 0.29) is 11.9 Å². The number of carbonyl (C=O) groups excluding carboxylic acids is 1. The van der Waals surface area contributed by atoms with Crippen LogP contribution in [0.1, 0.15) is 20.8 Å². The van der Waals surface area contributed by atoms with E-state index in [2.05, 4.69) is 51.9 Å². The predicted octanol–water partition coefficient (Wildman–Crippen LogP) is 4.15. The molecule has 1 aromatic heterocycles. The van der Waals surface area contributed by atoms with Crippen molar-refractivity contribution in [2.75, 3.05) is 5.75 Å². The van der Waals surface area contributed by atoms with Crippen LogP contribution in [0.25, 0.3) is 11.4 Å². The van der Waals surface area contributed by atoms with Gasteiger partial charge in [-0.25, -0.2) is 0 Å². The molecule has 0 fully saturated rings. The highest BCUT2D eigenvalue weighted by Gasteiger charge is 2.16. The van der Waals surface area contributed by atoms with Crippen LogP contribution in [-0.2, 0) is 11.3 Å². The highest BCUT2D eigenvalue weighted by molar-refractivity contribution is 9.10. The molecule has 0 radical (unpaired) electrons. The normalized spacial score (nSPS) is 12.2. The quantitative estimate of drug-likeness (QED) is 0.512. The largest absolute Gasteiger partial charge is 0.353 e. The predicted molar refractivity (Wildman–Crippen MR) is 107 cm³/mol. The second-order valence-corrected chi connectivity index (χ2v) is 7.96. The Morgan fingerprint density at radius 3 is 2.60 bits per heavy atom. The number of thioether (sulfide) groups is 1. The third kappa shape index (κ3) is 5.44. The number of rotatable bonds is 8. The molecule has 1 N–H and O–H groups in total. The molecule has 2 rings (SSSR count). The summed E-state index contributed by atoms with van der Waals surface area (Å²) in [6, 6.07) is 8.06. The summed E-state index contributed by atoms with van der Waals surface area (Å²) < 4.78 is 2.98. The Hall–Kier alpha value is -1.60. The number of halogens is 1. The van der Waals surface area contributed by atoms with E-state index in [4.69, 9.17) is 0 Å². The lowest BCUT2D eigenvalue weighted by atomic mass is 10.1. The summed E-state index contributed by atoms with van der Waals surface area (Å²) in [4.78, 5) is 12.1. The number of nitrogens with zero attached hydrogens (tertiary/aromatic N) is 3. The Kier molecular flexibility index (Phi) is 7.25. The standard InChI is InChI=1S/C18H23BrN4OS/c1-5-10-23-17(14-6-8-15(19)9-7-14)21-22-18(23)25-11-16(24)20-13(4)12(2)3/h5-9,12-13H,1,10-11H2,2-4H3,(H,20,24). The molecule has 1 unspecified atom stereocenters. The molecule has 7 heteroatoms. The summed E-state index contributed by atoms with van der Waals surface area (Å²) in [7, 11) is 0. The van der Waals surface area contributed by atoms with Crippen molar-refractivity contribution in [1.82, 2.24) is 20.1 Å². The minimum atomic E-state index is 0.00421. The first-order chi connectivity index (χ1) is 11.9. The number of allylic oxidation sites excluding steroid dienone is 1. The van der Waals surface area contributed by atoms with Gasteiger partial charge in [-0.05, 0) is 25.0 Å². The van der Waals surface area contributed by atoms with Crippen LogP contribution in [-0.4, -0.2) is 32.5 Å². The fourth-order valence-corrected chi connectivity index (χ4v) is 3.12. The van der Waals surface area contributed by atoms with Crippen LogP contribution in [0.15, 0.2) is 46.5 Å². The summed E-state index contributed by atoms with van der Waals surface area (Å²) in [5, 5.41) is 12.3. The third-order valence-electron chi connectivity index (χ3n) is 3.85. The zero-order chi connectivity index (χ0) is 18.4. The Labute approximate surface area is 161 Å². The molecule has 0 saturated carbocycles. The van der Waals surface area contributed by atoms with Gasteiger partial charge in [-0.2, -0.15) is 0 Å². The number of benzene rings is 1. The first-order valence-electron chi connectivity index (χ1n) is 8.14. The van der Waals surface area contributed by atoms with Crippen molar-refractivity contribution in [3.63, 3.8) is 0 Å². The van der Waals surface area contributed by atoms with Crippen LogP contribution in [0, 0.1) is 5.92 Å². The van der Waals surface area contributed by atoms with E-state index in [0.29, 0.717) is 23.4 Å². The lowest BCUT2D eigenvalue weighted by molar-refractivity contribution is -0.119. The summed E-state index contributed by atoms with van der Waals surface area (Å²) >= 11 is 4.82. The molecule has 25 heavy (non-hydrogen) atoms. The molecule has 2 aromatic rings. The van der Waals surface area contributed by atoms with Crippen molar-refractivity contribution < 1.29 is 4.79 Å². The van der Waals surface area contributed by atoms with Gasteiger partial charge in [0.2, 0.25) is 5.91 Å². The van der Waals surface area contributed by atoms with Gasteiger partial charge in [0.1, 0.15) is 0 Å². The zero-order valence-corrected chi connectivity index (χ0v) is 17.1. The van der Waals surface area contributed by atoms with Gasteiger partial charge in [-0.15, -0.1) is 16.8 Å². The minimum absolute atomic E-state index is 0.00421. The molecule has 134 valence electrons. The minimum Gasteiger partial charge on any atom is -0.353 e. The van der Waals surface area contributed by atoms with Gasteiger partial charge in [0.15, 0.2) is 11.0 Å². The van der Waals surface area contributed by atoms with Crippen molar-refractivity contribution >= 4 is 33.6 Å². The van der Waals surface area contributed by atoms with E-state index in [1.54, 1.807) is 6.08 Å². The molecule has 5 nitrogen and oxygen atoms in total. The molecule has 1 aromatic carbocycles. The van der Waals surface area contributed by atoms with Gasteiger partial charge in [-0.1, -0.05) is 59.7 Å². The number of hydrogen-bond acceptors (Lipinski definition) is 4. The lowest BCUT2D eigenvalue weighted by Gasteiger charge is -2.17. The summed E-state index contributed by atoms with van der Waals surface area (Å²) in [5.74, 6) is 1.49. The maximum atomic E-state index is 12.1. The molecule has 0 aliphatic rings. The molecule has 1 atom stereocenters. The maximum absolute atomic E-state index is 12.1. The Morgan fingerprint density at radius 2 is 2.00 bits per heavy atom. The number of hydrogen-bond donors (Lipinski definition) is 1. The van der Waals surface area contributed by atoms with Crippen LogP contribution < -0.4 is 5.32 Å². The van der Waals surface area contributed by atoms with E-state index in [0.717, 1.165) is 15.9 Å².